The minimum atomic E-state index is -4.85. The van der Waals surface area contributed by atoms with Crippen LogP contribution >= 0.6 is 0 Å². The van der Waals surface area contributed by atoms with Crippen LogP contribution in [0, 0.1) is 11.6 Å². The van der Waals surface area contributed by atoms with Gasteiger partial charge >= 0.3 is 6.36 Å². The number of hydrogen-bond donors (Lipinski definition) is 1. The molecule has 0 unspecified atom stereocenters. The predicted octanol–water partition coefficient (Wildman–Crippen LogP) is 4.24. The lowest BCUT2D eigenvalue weighted by atomic mass is 9.99. The third kappa shape index (κ3) is 4.69. The molecular formula is C18H11F5N2O3S. The van der Waals surface area contributed by atoms with Crippen molar-refractivity contribution in [1.29, 1.82) is 0 Å². The lowest BCUT2D eigenvalue weighted by molar-refractivity contribution is -0.274. The van der Waals surface area contributed by atoms with Crippen LogP contribution in [-0.4, -0.2) is 19.8 Å². The molecule has 0 spiro atoms. The van der Waals surface area contributed by atoms with Crippen LogP contribution in [0.5, 0.6) is 5.75 Å². The number of sulfonamides is 1. The average Bonchev–Trinajstić information content (AvgIpc) is 2.59. The van der Waals surface area contributed by atoms with Crippen LogP contribution in [0.1, 0.15) is 0 Å². The molecule has 2 aromatic carbocycles. The molecule has 0 radical (unpaired) electrons. The normalized spacial score (nSPS) is 12.1. The van der Waals surface area contributed by atoms with Gasteiger partial charge in [-0.3, -0.25) is 4.98 Å². The molecule has 0 aliphatic heterocycles. The van der Waals surface area contributed by atoms with Crippen LogP contribution in [0.2, 0.25) is 0 Å². The minimum absolute atomic E-state index is 0.0794. The Morgan fingerprint density at radius 2 is 1.52 bits per heavy atom. The van der Waals surface area contributed by atoms with Gasteiger partial charge in [0, 0.05) is 17.3 Å². The summed E-state index contributed by atoms with van der Waals surface area (Å²) in [7, 11) is -4.62. The fourth-order valence-electron chi connectivity index (χ4n) is 2.67. The van der Waals surface area contributed by atoms with E-state index in [-0.39, 0.29) is 11.3 Å². The van der Waals surface area contributed by atoms with Crippen LogP contribution < -0.4 is 9.88 Å². The molecule has 3 aromatic rings. The summed E-state index contributed by atoms with van der Waals surface area (Å²) in [5, 5.41) is 4.81. The minimum Gasteiger partial charge on any atom is -0.406 e. The Morgan fingerprint density at radius 1 is 0.931 bits per heavy atom. The highest BCUT2D eigenvalue weighted by Crippen LogP contribution is 2.34. The molecule has 0 aliphatic rings. The van der Waals surface area contributed by atoms with Crippen LogP contribution in [0.15, 0.2) is 59.6 Å². The molecule has 0 saturated carbocycles. The zero-order chi connectivity index (χ0) is 21.4. The van der Waals surface area contributed by atoms with Gasteiger partial charge < -0.3 is 4.74 Å². The first-order valence-electron chi connectivity index (χ1n) is 7.79. The van der Waals surface area contributed by atoms with Crippen LogP contribution in [0.4, 0.5) is 22.0 Å². The van der Waals surface area contributed by atoms with Crippen molar-refractivity contribution < 1.29 is 35.1 Å². The summed E-state index contributed by atoms with van der Waals surface area (Å²) < 4.78 is 91.7. The van der Waals surface area contributed by atoms with Gasteiger partial charge in [0.1, 0.15) is 17.4 Å². The van der Waals surface area contributed by atoms with Crippen molar-refractivity contribution in [2.45, 2.75) is 11.3 Å². The molecule has 29 heavy (non-hydrogen) atoms. The third-order valence-corrected chi connectivity index (χ3v) is 4.72. The number of halogens is 5. The van der Waals surface area contributed by atoms with Crippen LogP contribution in [0.25, 0.3) is 22.4 Å². The maximum atomic E-state index is 14.2. The number of rotatable bonds is 4. The molecule has 11 heteroatoms. The zero-order valence-electron chi connectivity index (χ0n) is 14.2. The summed E-state index contributed by atoms with van der Waals surface area (Å²) in [6.45, 7) is 0. The van der Waals surface area contributed by atoms with Crippen molar-refractivity contribution in [3.63, 3.8) is 0 Å². The van der Waals surface area contributed by atoms with Gasteiger partial charge in [-0.15, -0.1) is 13.2 Å². The number of aromatic nitrogens is 1. The highest BCUT2D eigenvalue weighted by Gasteiger charge is 2.31. The molecule has 2 N–H and O–H groups in total. The highest BCUT2D eigenvalue weighted by molar-refractivity contribution is 7.89. The number of ether oxygens (including phenoxy) is 1. The molecule has 0 aliphatic carbocycles. The molecular weight excluding hydrogens is 419 g/mol. The Balaban J connectivity index is 2.07. The quantitative estimate of drug-likeness (QED) is 0.628. The maximum Gasteiger partial charge on any atom is 0.573 e. The smallest absolute Gasteiger partial charge is 0.406 e. The third-order valence-electron chi connectivity index (χ3n) is 3.76. The second-order valence-corrected chi connectivity index (χ2v) is 7.28. The molecule has 0 fully saturated rings. The number of primary sulfonamides is 1. The molecule has 5 nitrogen and oxygen atoms in total. The first-order chi connectivity index (χ1) is 13.5. The van der Waals surface area contributed by atoms with Gasteiger partial charge in [0.05, 0.1) is 5.69 Å². The van der Waals surface area contributed by atoms with Gasteiger partial charge in [-0.1, -0.05) is 18.2 Å². The van der Waals surface area contributed by atoms with Gasteiger partial charge in [0.2, 0.25) is 10.0 Å². The summed E-state index contributed by atoms with van der Waals surface area (Å²) in [5.41, 5.74) is 0.724. The van der Waals surface area contributed by atoms with E-state index in [1.54, 1.807) is 0 Å². The second-order valence-electron chi connectivity index (χ2n) is 5.79. The number of pyridine rings is 1. The Kier molecular flexibility index (Phi) is 5.28. The topological polar surface area (TPSA) is 82.3 Å². The molecule has 0 bridgehead atoms. The van der Waals surface area contributed by atoms with E-state index in [0.717, 1.165) is 24.3 Å². The summed E-state index contributed by atoms with van der Waals surface area (Å²) in [6, 6.07) is 9.34. The lowest BCUT2D eigenvalue weighted by Gasteiger charge is -2.12. The van der Waals surface area contributed by atoms with Gasteiger partial charge in [0.25, 0.3) is 0 Å². The SMILES string of the molecule is NS(=O)(=O)c1c(F)cc(-c2ncccc2-c2ccc(OC(F)(F)F)cc2)cc1F. The number of nitrogens with zero attached hydrogens (tertiary/aromatic N) is 1. The van der Waals surface area contributed by atoms with Crippen molar-refractivity contribution in [2.75, 3.05) is 0 Å². The largest absolute Gasteiger partial charge is 0.573 e. The first kappa shape index (κ1) is 20.7. The van der Waals surface area contributed by atoms with Crippen LogP contribution in [0.3, 0.4) is 0 Å². The van der Waals surface area contributed by atoms with Crippen LogP contribution in [-0.2, 0) is 10.0 Å². The maximum absolute atomic E-state index is 14.2. The molecule has 1 aromatic heterocycles. The average molecular weight is 430 g/mol. The Morgan fingerprint density at radius 3 is 2.03 bits per heavy atom. The number of alkyl halides is 3. The monoisotopic (exact) mass is 430 g/mol. The van der Waals surface area contributed by atoms with Gasteiger partial charge in [-0.05, 0) is 35.9 Å². The molecule has 152 valence electrons. The summed E-state index contributed by atoms with van der Waals surface area (Å²) in [4.78, 5) is 2.79. The van der Waals surface area contributed by atoms with Crippen molar-refractivity contribution >= 4 is 10.0 Å². The Hall–Kier alpha value is -3.05. The van der Waals surface area contributed by atoms with E-state index in [0.29, 0.717) is 11.1 Å². The van der Waals surface area contributed by atoms with E-state index in [1.807, 2.05) is 0 Å². The second kappa shape index (κ2) is 7.41. The van der Waals surface area contributed by atoms with E-state index in [1.165, 1.54) is 30.5 Å². The summed E-state index contributed by atoms with van der Waals surface area (Å²) in [5.74, 6) is -3.23. The van der Waals surface area contributed by atoms with Gasteiger partial charge in [-0.25, -0.2) is 22.3 Å². The van der Waals surface area contributed by atoms with Crippen molar-refractivity contribution in [3.8, 4) is 28.1 Å². The number of benzene rings is 2. The molecule has 0 amide bonds. The Bertz CT molecular complexity index is 1140. The van der Waals surface area contributed by atoms with Crippen molar-refractivity contribution in [1.82, 2.24) is 4.98 Å². The zero-order valence-corrected chi connectivity index (χ0v) is 15.1. The molecule has 0 atom stereocenters. The van der Waals surface area contributed by atoms with E-state index in [4.69, 9.17) is 5.14 Å². The molecule has 3 rings (SSSR count). The van der Waals surface area contributed by atoms with E-state index < -0.39 is 38.7 Å². The fourth-order valence-corrected chi connectivity index (χ4v) is 3.33. The first-order valence-corrected chi connectivity index (χ1v) is 9.34. The molecule has 1 heterocycles. The lowest BCUT2D eigenvalue weighted by Crippen LogP contribution is -2.16. The van der Waals surface area contributed by atoms with E-state index >= 15 is 0 Å². The molecule has 0 saturated heterocycles. The van der Waals surface area contributed by atoms with E-state index in [9.17, 15) is 30.4 Å². The number of hydrogen-bond acceptors (Lipinski definition) is 4. The van der Waals surface area contributed by atoms with Gasteiger partial charge in [-0.2, -0.15) is 0 Å². The van der Waals surface area contributed by atoms with E-state index in [2.05, 4.69) is 9.72 Å². The van der Waals surface area contributed by atoms with Gasteiger partial charge in [0.15, 0.2) is 4.90 Å². The van der Waals surface area contributed by atoms with Crippen molar-refractivity contribution in [3.05, 3.63) is 66.4 Å². The number of nitrogens with two attached hydrogens (primary N) is 1. The summed E-state index contributed by atoms with van der Waals surface area (Å²) >= 11 is 0. The summed E-state index contributed by atoms with van der Waals surface area (Å²) in [6.07, 6.45) is -3.51. The standard InChI is InChI=1S/C18H11F5N2O3S/c19-14-8-11(9-15(20)17(14)29(24,26)27)16-13(2-1-7-25-16)10-3-5-12(6-4-10)28-18(21,22)23/h1-9H,(H2,24,26,27). The predicted molar refractivity (Wildman–Crippen MR) is 93.1 cm³/mol. The van der Waals surface area contributed by atoms with Crippen molar-refractivity contribution in [2.24, 2.45) is 5.14 Å². The fraction of sp³-hybridized carbons (Fsp3) is 0.0556. The highest BCUT2D eigenvalue weighted by atomic mass is 32.2. The Labute approximate surface area is 161 Å².